The second-order valence-electron chi connectivity index (χ2n) is 2.76. The van der Waals surface area contributed by atoms with Gasteiger partial charge < -0.3 is 10.5 Å². The molecule has 0 aliphatic rings. The van der Waals surface area contributed by atoms with Gasteiger partial charge in [-0.3, -0.25) is 9.69 Å². The van der Waals surface area contributed by atoms with E-state index in [0.717, 1.165) is 0 Å². The Hall–Kier alpha value is -0.680. The summed E-state index contributed by atoms with van der Waals surface area (Å²) in [5.74, 6) is -0.183. The van der Waals surface area contributed by atoms with Gasteiger partial charge in [-0.15, -0.1) is 0 Å². The van der Waals surface area contributed by atoms with Crippen LogP contribution in [0.15, 0.2) is 0 Å². The molecular formula is C8H16N2O2S. The molecule has 0 amide bonds. The van der Waals surface area contributed by atoms with Crippen molar-refractivity contribution in [3.63, 3.8) is 0 Å². The molecule has 0 aliphatic carbocycles. The van der Waals surface area contributed by atoms with Gasteiger partial charge in [0, 0.05) is 13.1 Å². The van der Waals surface area contributed by atoms with Crippen LogP contribution in [0.25, 0.3) is 0 Å². The van der Waals surface area contributed by atoms with E-state index in [1.54, 1.807) is 6.92 Å². The lowest BCUT2D eigenvalue weighted by molar-refractivity contribution is -0.143. The highest BCUT2D eigenvalue weighted by Crippen LogP contribution is 1.90. The van der Waals surface area contributed by atoms with Crippen molar-refractivity contribution in [3.05, 3.63) is 0 Å². The van der Waals surface area contributed by atoms with E-state index in [1.807, 2.05) is 11.9 Å². The minimum atomic E-state index is -0.183. The van der Waals surface area contributed by atoms with Gasteiger partial charge >= 0.3 is 5.97 Å². The summed E-state index contributed by atoms with van der Waals surface area (Å²) in [7, 11) is 1.86. The van der Waals surface area contributed by atoms with E-state index in [1.165, 1.54) is 0 Å². The molecule has 0 saturated heterocycles. The van der Waals surface area contributed by atoms with E-state index in [0.29, 0.717) is 31.1 Å². The Balaban J connectivity index is 3.51. The van der Waals surface area contributed by atoms with Crippen LogP contribution in [0.4, 0.5) is 0 Å². The van der Waals surface area contributed by atoms with E-state index < -0.39 is 0 Å². The summed E-state index contributed by atoms with van der Waals surface area (Å²) in [6, 6.07) is 0. The van der Waals surface area contributed by atoms with Crippen molar-refractivity contribution in [2.24, 2.45) is 5.73 Å². The summed E-state index contributed by atoms with van der Waals surface area (Å²) in [4.78, 5) is 13.2. The third-order valence-electron chi connectivity index (χ3n) is 1.43. The number of esters is 1. The monoisotopic (exact) mass is 204 g/mol. The molecule has 0 saturated carbocycles. The molecule has 0 atom stereocenters. The quantitative estimate of drug-likeness (QED) is 0.493. The van der Waals surface area contributed by atoms with Crippen LogP contribution in [0.1, 0.15) is 13.3 Å². The molecule has 0 heterocycles. The minimum Gasteiger partial charge on any atom is -0.466 e. The van der Waals surface area contributed by atoms with Crippen LogP contribution < -0.4 is 5.73 Å². The zero-order valence-electron chi connectivity index (χ0n) is 8.08. The van der Waals surface area contributed by atoms with Crippen LogP contribution in [0.2, 0.25) is 0 Å². The molecule has 0 rings (SSSR count). The lowest BCUT2D eigenvalue weighted by atomic mass is 10.4. The Morgan fingerprint density at radius 2 is 2.23 bits per heavy atom. The first kappa shape index (κ1) is 12.3. The summed E-state index contributed by atoms with van der Waals surface area (Å²) in [6.45, 7) is 3.37. The fourth-order valence-electron chi connectivity index (χ4n) is 0.860. The molecule has 4 nitrogen and oxygen atoms in total. The fraction of sp³-hybridized carbons (Fsp3) is 0.750. The Morgan fingerprint density at radius 1 is 1.62 bits per heavy atom. The number of nitrogens with two attached hydrogens (primary N) is 1. The second-order valence-corrected chi connectivity index (χ2v) is 3.28. The lowest BCUT2D eigenvalue weighted by Gasteiger charge is -2.14. The molecule has 0 unspecified atom stereocenters. The first-order valence-corrected chi connectivity index (χ1v) is 4.59. The van der Waals surface area contributed by atoms with E-state index in [9.17, 15) is 4.79 Å². The van der Waals surface area contributed by atoms with Gasteiger partial charge in [0.1, 0.15) is 0 Å². The van der Waals surface area contributed by atoms with Crippen LogP contribution in [0.3, 0.4) is 0 Å². The second kappa shape index (κ2) is 6.80. The highest BCUT2D eigenvalue weighted by atomic mass is 32.1. The molecule has 0 fully saturated rings. The first-order valence-electron chi connectivity index (χ1n) is 4.18. The summed E-state index contributed by atoms with van der Waals surface area (Å²) in [5.41, 5.74) is 5.33. The van der Waals surface area contributed by atoms with Crippen molar-refractivity contribution in [1.29, 1.82) is 0 Å². The lowest BCUT2D eigenvalue weighted by Crippen LogP contribution is -2.31. The molecular weight excluding hydrogens is 188 g/mol. The first-order chi connectivity index (χ1) is 6.06. The molecule has 2 N–H and O–H groups in total. The number of nitrogens with zero attached hydrogens (tertiary/aromatic N) is 1. The smallest absolute Gasteiger partial charge is 0.307 e. The van der Waals surface area contributed by atoms with Crippen molar-refractivity contribution >= 4 is 23.2 Å². The van der Waals surface area contributed by atoms with Crippen molar-refractivity contribution in [2.45, 2.75) is 13.3 Å². The molecule has 13 heavy (non-hydrogen) atoms. The SMILES string of the molecule is CCOC(=O)CCN(C)CC(N)=S. The van der Waals surface area contributed by atoms with Crippen molar-refractivity contribution < 1.29 is 9.53 Å². The third-order valence-corrected chi connectivity index (χ3v) is 1.56. The van der Waals surface area contributed by atoms with E-state index in [4.69, 9.17) is 22.7 Å². The number of hydrogen-bond acceptors (Lipinski definition) is 4. The maximum atomic E-state index is 10.9. The third kappa shape index (κ3) is 7.67. The van der Waals surface area contributed by atoms with Gasteiger partial charge in [-0.1, -0.05) is 12.2 Å². The zero-order valence-corrected chi connectivity index (χ0v) is 8.89. The minimum absolute atomic E-state index is 0.183. The molecule has 0 bridgehead atoms. The molecule has 0 aromatic rings. The Morgan fingerprint density at radius 3 is 2.69 bits per heavy atom. The average Bonchev–Trinajstić information content (AvgIpc) is 2.00. The summed E-state index contributed by atoms with van der Waals surface area (Å²) in [6.07, 6.45) is 0.382. The van der Waals surface area contributed by atoms with Gasteiger partial charge in [-0.05, 0) is 14.0 Å². The topological polar surface area (TPSA) is 55.6 Å². The van der Waals surface area contributed by atoms with Gasteiger partial charge in [-0.2, -0.15) is 0 Å². The Kier molecular flexibility index (Phi) is 6.44. The van der Waals surface area contributed by atoms with E-state index in [2.05, 4.69) is 0 Å². The van der Waals surface area contributed by atoms with Crippen LogP contribution in [-0.4, -0.2) is 42.6 Å². The van der Waals surface area contributed by atoms with Gasteiger partial charge in [0.05, 0.1) is 18.0 Å². The highest BCUT2D eigenvalue weighted by Gasteiger charge is 2.05. The molecule has 0 aliphatic heterocycles. The molecule has 0 spiro atoms. The number of likely N-dealkylation sites (N-methyl/N-ethyl adjacent to an activating group) is 1. The van der Waals surface area contributed by atoms with Crippen molar-refractivity contribution in [2.75, 3.05) is 26.7 Å². The van der Waals surface area contributed by atoms with Gasteiger partial charge in [-0.25, -0.2) is 0 Å². The largest absolute Gasteiger partial charge is 0.466 e. The number of carbonyl (C=O) groups is 1. The van der Waals surface area contributed by atoms with Crippen LogP contribution in [0.5, 0.6) is 0 Å². The summed E-state index contributed by atoms with van der Waals surface area (Å²) >= 11 is 4.72. The molecule has 0 radical (unpaired) electrons. The molecule has 0 aromatic carbocycles. The normalized spacial score (nSPS) is 10.1. The molecule has 76 valence electrons. The summed E-state index contributed by atoms with van der Waals surface area (Å²) in [5, 5.41) is 0. The number of hydrogen-bond donors (Lipinski definition) is 1. The average molecular weight is 204 g/mol. The van der Waals surface area contributed by atoms with Gasteiger partial charge in [0.25, 0.3) is 0 Å². The van der Waals surface area contributed by atoms with Gasteiger partial charge in [0.15, 0.2) is 0 Å². The van der Waals surface area contributed by atoms with E-state index >= 15 is 0 Å². The van der Waals surface area contributed by atoms with E-state index in [-0.39, 0.29) is 5.97 Å². The number of rotatable bonds is 6. The molecule has 5 heteroatoms. The van der Waals surface area contributed by atoms with Crippen molar-refractivity contribution in [1.82, 2.24) is 4.90 Å². The highest BCUT2D eigenvalue weighted by molar-refractivity contribution is 7.80. The maximum absolute atomic E-state index is 10.9. The predicted molar refractivity (Wildman–Crippen MR) is 55.5 cm³/mol. The predicted octanol–water partition coefficient (Wildman–Crippen LogP) is 0.158. The number of thiocarbonyl (C=S) groups is 1. The molecule has 0 aromatic heterocycles. The zero-order chi connectivity index (χ0) is 10.3. The van der Waals surface area contributed by atoms with Crippen LogP contribution >= 0.6 is 12.2 Å². The van der Waals surface area contributed by atoms with Crippen LogP contribution in [0, 0.1) is 0 Å². The number of carbonyl (C=O) groups excluding carboxylic acids is 1. The van der Waals surface area contributed by atoms with Crippen molar-refractivity contribution in [3.8, 4) is 0 Å². The van der Waals surface area contributed by atoms with Gasteiger partial charge in [0.2, 0.25) is 0 Å². The Bertz CT molecular complexity index is 185. The summed E-state index contributed by atoms with van der Waals surface area (Å²) < 4.78 is 4.77. The van der Waals surface area contributed by atoms with Crippen LogP contribution in [-0.2, 0) is 9.53 Å². The fourth-order valence-corrected chi connectivity index (χ4v) is 1.08. The Labute approximate surface area is 84.0 Å². The number of ether oxygens (including phenoxy) is 1. The maximum Gasteiger partial charge on any atom is 0.307 e. The standard InChI is InChI=1S/C8H16N2O2S/c1-3-12-8(11)4-5-10(2)6-7(9)13/h3-6H2,1-2H3,(H2,9,13).